The van der Waals surface area contributed by atoms with Crippen molar-refractivity contribution in [1.29, 1.82) is 0 Å². The number of nitrogens with one attached hydrogen (secondary N) is 2. The molecule has 0 radical (unpaired) electrons. The molecule has 3 nitrogen and oxygen atoms in total. The van der Waals surface area contributed by atoms with E-state index in [1.165, 1.54) is 16.5 Å². The number of H-pyrrole nitrogens is 1. The molecule has 1 unspecified atom stereocenters. The summed E-state index contributed by atoms with van der Waals surface area (Å²) in [7, 11) is 0. The van der Waals surface area contributed by atoms with Crippen LogP contribution in [0.1, 0.15) is 30.0 Å². The molecule has 0 aliphatic rings. The standard InChI is InChI=1S/C16H18N2O/c1-11-6-7-16(19-11)12(2)18-10-13-4-3-5-15-14(13)8-9-17-15/h3-9,12,17-18H,10H2,1-2H3. The van der Waals surface area contributed by atoms with Crippen LogP contribution in [0.15, 0.2) is 47.0 Å². The molecule has 3 aromatic rings. The van der Waals surface area contributed by atoms with Gasteiger partial charge in [0.2, 0.25) is 0 Å². The third kappa shape index (κ3) is 2.42. The highest BCUT2D eigenvalue weighted by Crippen LogP contribution is 2.20. The van der Waals surface area contributed by atoms with E-state index in [1.54, 1.807) is 0 Å². The molecular weight excluding hydrogens is 236 g/mol. The Labute approximate surface area is 112 Å². The zero-order valence-electron chi connectivity index (χ0n) is 11.2. The lowest BCUT2D eigenvalue weighted by molar-refractivity contribution is 0.416. The molecule has 0 bridgehead atoms. The van der Waals surface area contributed by atoms with E-state index in [0.29, 0.717) is 0 Å². The van der Waals surface area contributed by atoms with Crippen molar-refractivity contribution in [2.24, 2.45) is 0 Å². The molecule has 2 aromatic heterocycles. The van der Waals surface area contributed by atoms with Gasteiger partial charge in [0, 0.05) is 23.6 Å². The number of rotatable bonds is 4. The fraction of sp³-hybridized carbons (Fsp3) is 0.250. The van der Waals surface area contributed by atoms with Crippen molar-refractivity contribution in [1.82, 2.24) is 10.3 Å². The minimum atomic E-state index is 0.211. The summed E-state index contributed by atoms with van der Waals surface area (Å²) in [5, 5.41) is 4.78. The van der Waals surface area contributed by atoms with E-state index in [2.05, 4.69) is 41.5 Å². The van der Waals surface area contributed by atoms with E-state index in [9.17, 15) is 0 Å². The van der Waals surface area contributed by atoms with Crippen molar-refractivity contribution in [3.8, 4) is 0 Å². The zero-order valence-corrected chi connectivity index (χ0v) is 11.2. The van der Waals surface area contributed by atoms with Crippen LogP contribution in [-0.2, 0) is 6.54 Å². The van der Waals surface area contributed by atoms with E-state index in [-0.39, 0.29) is 6.04 Å². The van der Waals surface area contributed by atoms with Crippen LogP contribution in [0.5, 0.6) is 0 Å². The Balaban J connectivity index is 1.74. The molecule has 0 spiro atoms. The van der Waals surface area contributed by atoms with E-state index in [1.807, 2.05) is 25.3 Å². The van der Waals surface area contributed by atoms with Crippen LogP contribution in [-0.4, -0.2) is 4.98 Å². The Bertz CT molecular complexity index is 681. The molecule has 1 atom stereocenters. The van der Waals surface area contributed by atoms with E-state index in [0.717, 1.165) is 18.1 Å². The first-order valence-electron chi connectivity index (χ1n) is 6.59. The average molecular weight is 254 g/mol. The van der Waals surface area contributed by atoms with Crippen LogP contribution < -0.4 is 5.32 Å². The summed E-state index contributed by atoms with van der Waals surface area (Å²) in [4.78, 5) is 3.24. The van der Waals surface area contributed by atoms with Crippen LogP contribution in [0.25, 0.3) is 10.9 Å². The Kier molecular flexibility index (Phi) is 3.13. The van der Waals surface area contributed by atoms with Gasteiger partial charge in [-0.05, 0) is 43.7 Å². The second-order valence-electron chi connectivity index (χ2n) is 4.91. The molecule has 2 N–H and O–H groups in total. The van der Waals surface area contributed by atoms with Gasteiger partial charge in [-0.3, -0.25) is 0 Å². The third-order valence-electron chi connectivity index (χ3n) is 3.47. The van der Waals surface area contributed by atoms with Crippen LogP contribution >= 0.6 is 0 Å². The van der Waals surface area contributed by atoms with Gasteiger partial charge < -0.3 is 14.7 Å². The number of fused-ring (bicyclic) bond motifs is 1. The maximum atomic E-state index is 5.64. The molecule has 0 saturated carbocycles. The lowest BCUT2D eigenvalue weighted by Gasteiger charge is -2.12. The summed E-state index contributed by atoms with van der Waals surface area (Å²) < 4.78 is 5.64. The zero-order chi connectivity index (χ0) is 13.2. The SMILES string of the molecule is Cc1ccc(C(C)NCc2cccc3[nH]ccc23)o1. The summed E-state index contributed by atoms with van der Waals surface area (Å²) in [5.74, 6) is 1.94. The van der Waals surface area contributed by atoms with Crippen molar-refractivity contribution in [3.63, 3.8) is 0 Å². The van der Waals surface area contributed by atoms with Crippen molar-refractivity contribution >= 4 is 10.9 Å². The fourth-order valence-electron chi connectivity index (χ4n) is 2.35. The molecule has 0 aliphatic carbocycles. The lowest BCUT2D eigenvalue weighted by atomic mass is 10.1. The number of furan rings is 1. The normalized spacial score (nSPS) is 12.9. The van der Waals surface area contributed by atoms with Gasteiger partial charge in [-0.1, -0.05) is 12.1 Å². The number of aromatic nitrogens is 1. The summed E-state index contributed by atoms with van der Waals surface area (Å²) in [5.41, 5.74) is 2.48. The van der Waals surface area contributed by atoms with Gasteiger partial charge in [0.1, 0.15) is 11.5 Å². The molecule has 3 heteroatoms. The second kappa shape index (κ2) is 4.94. The quantitative estimate of drug-likeness (QED) is 0.741. The maximum absolute atomic E-state index is 5.64. The van der Waals surface area contributed by atoms with E-state index >= 15 is 0 Å². The van der Waals surface area contributed by atoms with Gasteiger partial charge in [-0.25, -0.2) is 0 Å². The molecule has 2 heterocycles. The minimum Gasteiger partial charge on any atom is -0.465 e. The predicted octanol–water partition coefficient (Wildman–Crippen LogP) is 3.92. The Morgan fingerprint density at radius 2 is 2.11 bits per heavy atom. The van der Waals surface area contributed by atoms with Crippen molar-refractivity contribution < 1.29 is 4.42 Å². The minimum absolute atomic E-state index is 0.211. The van der Waals surface area contributed by atoms with Crippen molar-refractivity contribution in [2.45, 2.75) is 26.4 Å². The maximum Gasteiger partial charge on any atom is 0.120 e. The number of hydrogen-bond acceptors (Lipinski definition) is 2. The van der Waals surface area contributed by atoms with Crippen LogP contribution in [0.2, 0.25) is 0 Å². The van der Waals surface area contributed by atoms with Crippen LogP contribution in [0.4, 0.5) is 0 Å². The highest BCUT2D eigenvalue weighted by Gasteiger charge is 2.09. The van der Waals surface area contributed by atoms with Gasteiger partial charge in [-0.2, -0.15) is 0 Å². The molecule has 19 heavy (non-hydrogen) atoms. The topological polar surface area (TPSA) is 41.0 Å². The van der Waals surface area contributed by atoms with Gasteiger partial charge >= 0.3 is 0 Å². The Morgan fingerprint density at radius 3 is 2.89 bits per heavy atom. The van der Waals surface area contributed by atoms with E-state index < -0.39 is 0 Å². The summed E-state index contributed by atoms with van der Waals surface area (Å²) in [6.07, 6.45) is 1.98. The monoisotopic (exact) mass is 254 g/mol. The molecule has 0 saturated heterocycles. The number of aryl methyl sites for hydroxylation is 1. The molecule has 3 rings (SSSR count). The number of aromatic amines is 1. The smallest absolute Gasteiger partial charge is 0.120 e. The molecule has 0 fully saturated rings. The molecule has 98 valence electrons. The summed E-state index contributed by atoms with van der Waals surface area (Å²) in [6.45, 7) is 4.92. The fourth-order valence-corrected chi connectivity index (χ4v) is 2.35. The molecular formula is C16H18N2O. The first-order valence-corrected chi connectivity index (χ1v) is 6.59. The van der Waals surface area contributed by atoms with Crippen molar-refractivity contribution in [3.05, 3.63) is 59.7 Å². The van der Waals surface area contributed by atoms with Gasteiger partial charge in [0.15, 0.2) is 0 Å². The van der Waals surface area contributed by atoms with Gasteiger partial charge in [0.05, 0.1) is 6.04 Å². The van der Waals surface area contributed by atoms with E-state index in [4.69, 9.17) is 4.42 Å². The largest absolute Gasteiger partial charge is 0.465 e. The summed E-state index contributed by atoms with van der Waals surface area (Å²) >= 11 is 0. The predicted molar refractivity (Wildman–Crippen MR) is 77.0 cm³/mol. The Hall–Kier alpha value is -2.00. The van der Waals surface area contributed by atoms with Gasteiger partial charge in [-0.15, -0.1) is 0 Å². The van der Waals surface area contributed by atoms with Gasteiger partial charge in [0.25, 0.3) is 0 Å². The average Bonchev–Trinajstić information content (AvgIpc) is 3.04. The third-order valence-corrected chi connectivity index (χ3v) is 3.47. The number of hydrogen-bond donors (Lipinski definition) is 2. The molecule has 0 aliphatic heterocycles. The van der Waals surface area contributed by atoms with Crippen LogP contribution in [0.3, 0.4) is 0 Å². The highest BCUT2D eigenvalue weighted by molar-refractivity contribution is 5.82. The van der Waals surface area contributed by atoms with Crippen LogP contribution in [0, 0.1) is 6.92 Å². The second-order valence-corrected chi connectivity index (χ2v) is 4.91. The first kappa shape index (κ1) is 12.1. The Morgan fingerprint density at radius 1 is 1.21 bits per heavy atom. The number of benzene rings is 1. The summed E-state index contributed by atoms with van der Waals surface area (Å²) in [6, 6.07) is 12.7. The lowest BCUT2D eigenvalue weighted by Crippen LogP contribution is -2.17. The van der Waals surface area contributed by atoms with Crippen molar-refractivity contribution in [2.75, 3.05) is 0 Å². The highest BCUT2D eigenvalue weighted by atomic mass is 16.3. The first-order chi connectivity index (χ1) is 9.24. The molecule has 0 amide bonds. The molecule has 1 aromatic carbocycles.